The standard InChI is InChI=1S/C8H15NO/c1-6(2)7(3)8(10)4-5-9/h4-7H,9H2,1-3H3/b5-4-. The van der Waals surface area contributed by atoms with Gasteiger partial charge in [0.25, 0.3) is 0 Å². The van der Waals surface area contributed by atoms with Crippen LogP contribution in [0.15, 0.2) is 12.3 Å². The molecule has 0 aromatic rings. The number of hydrogen-bond donors (Lipinski definition) is 1. The molecule has 0 bridgehead atoms. The first kappa shape index (κ1) is 9.21. The molecule has 10 heavy (non-hydrogen) atoms. The first-order valence-corrected chi connectivity index (χ1v) is 3.51. The Labute approximate surface area is 62.1 Å². The Kier molecular flexibility index (Phi) is 3.77. The predicted molar refractivity (Wildman–Crippen MR) is 42.3 cm³/mol. The van der Waals surface area contributed by atoms with Crippen LogP contribution in [0.1, 0.15) is 20.8 Å². The monoisotopic (exact) mass is 141 g/mol. The van der Waals surface area contributed by atoms with Crippen molar-refractivity contribution >= 4 is 5.78 Å². The fraction of sp³-hybridized carbons (Fsp3) is 0.625. The molecule has 0 rings (SSSR count). The zero-order chi connectivity index (χ0) is 8.15. The van der Waals surface area contributed by atoms with E-state index in [-0.39, 0.29) is 11.7 Å². The highest BCUT2D eigenvalue weighted by atomic mass is 16.1. The van der Waals surface area contributed by atoms with Crippen molar-refractivity contribution in [1.29, 1.82) is 0 Å². The fourth-order valence-electron chi connectivity index (χ4n) is 0.575. The summed E-state index contributed by atoms with van der Waals surface area (Å²) in [5, 5.41) is 0. The number of nitrogens with two attached hydrogens (primary N) is 1. The van der Waals surface area contributed by atoms with Crippen LogP contribution in [0, 0.1) is 11.8 Å². The highest BCUT2D eigenvalue weighted by Crippen LogP contribution is 2.10. The van der Waals surface area contributed by atoms with Gasteiger partial charge in [0, 0.05) is 5.92 Å². The molecule has 0 fully saturated rings. The van der Waals surface area contributed by atoms with E-state index >= 15 is 0 Å². The lowest BCUT2D eigenvalue weighted by Gasteiger charge is -2.10. The Balaban J connectivity index is 3.95. The van der Waals surface area contributed by atoms with Gasteiger partial charge in [0.05, 0.1) is 0 Å². The van der Waals surface area contributed by atoms with Gasteiger partial charge in [-0.3, -0.25) is 4.79 Å². The second-order valence-electron chi connectivity index (χ2n) is 2.79. The van der Waals surface area contributed by atoms with Crippen LogP contribution in [0.5, 0.6) is 0 Å². The molecular weight excluding hydrogens is 126 g/mol. The summed E-state index contributed by atoms with van der Waals surface area (Å²) < 4.78 is 0. The number of ketones is 1. The summed E-state index contributed by atoms with van der Waals surface area (Å²) in [6.45, 7) is 5.95. The van der Waals surface area contributed by atoms with E-state index in [4.69, 9.17) is 5.73 Å². The summed E-state index contributed by atoms with van der Waals surface area (Å²) >= 11 is 0. The van der Waals surface area contributed by atoms with Gasteiger partial charge in [-0.2, -0.15) is 0 Å². The van der Waals surface area contributed by atoms with Crippen LogP contribution in [0.2, 0.25) is 0 Å². The molecular formula is C8H15NO. The molecule has 0 aliphatic heterocycles. The van der Waals surface area contributed by atoms with Gasteiger partial charge in [-0.25, -0.2) is 0 Å². The molecule has 0 radical (unpaired) electrons. The average molecular weight is 141 g/mol. The number of carbonyl (C=O) groups excluding carboxylic acids is 1. The summed E-state index contributed by atoms with van der Waals surface area (Å²) in [5.74, 6) is 0.584. The Bertz CT molecular complexity index is 138. The lowest BCUT2D eigenvalue weighted by Crippen LogP contribution is -2.14. The summed E-state index contributed by atoms with van der Waals surface area (Å²) in [4.78, 5) is 11.0. The van der Waals surface area contributed by atoms with Crippen LogP contribution < -0.4 is 5.73 Å². The van der Waals surface area contributed by atoms with Crippen molar-refractivity contribution in [2.24, 2.45) is 17.6 Å². The van der Waals surface area contributed by atoms with Gasteiger partial charge in [0.2, 0.25) is 0 Å². The van der Waals surface area contributed by atoms with E-state index < -0.39 is 0 Å². The molecule has 1 atom stereocenters. The zero-order valence-corrected chi connectivity index (χ0v) is 6.79. The summed E-state index contributed by atoms with van der Waals surface area (Å²) in [5.41, 5.74) is 5.07. The molecule has 0 saturated heterocycles. The average Bonchev–Trinajstić information content (AvgIpc) is 1.87. The maximum Gasteiger partial charge on any atom is 0.160 e. The molecule has 0 amide bonds. The van der Waals surface area contributed by atoms with Gasteiger partial charge in [0.1, 0.15) is 0 Å². The van der Waals surface area contributed by atoms with Crippen molar-refractivity contribution in [1.82, 2.24) is 0 Å². The van der Waals surface area contributed by atoms with E-state index in [0.29, 0.717) is 5.92 Å². The summed E-state index contributed by atoms with van der Waals surface area (Å²) in [7, 11) is 0. The van der Waals surface area contributed by atoms with Crippen molar-refractivity contribution < 1.29 is 4.79 Å². The second-order valence-corrected chi connectivity index (χ2v) is 2.79. The van der Waals surface area contributed by atoms with E-state index in [2.05, 4.69) is 0 Å². The number of hydrogen-bond acceptors (Lipinski definition) is 2. The Hall–Kier alpha value is -0.790. The third-order valence-corrected chi connectivity index (χ3v) is 1.71. The molecule has 0 aromatic heterocycles. The first-order valence-electron chi connectivity index (χ1n) is 3.51. The maximum absolute atomic E-state index is 11.0. The molecule has 0 aliphatic rings. The number of rotatable bonds is 3. The molecule has 2 heteroatoms. The molecule has 0 heterocycles. The molecule has 0 aliphatic carbocycles. The van der Waals surface area contributed by atoms with E-state index in [0.717, 1.165) is 0 Å². The molecule has 0 saturated carbocycles. The Morgan fingerprint density at radius 1 is 1.40 bits per heavy atom. The van der Waals surface area contributed by atoms with Gasteiger partial charge in [-0.05, 0) is 18.2 Å². The maximum atomic E-state index is 11.0. The smallest absolute Gasteiger partial charge is 0.160 e. The highest BCUT2D eigenvalue weighted by molar-refractivity contribution is 5.91. The van der Waals surface area contributed by atoms with Crippen molar-refractivity contribution in [2.45, 2.75) is 20.8 Å². The summed E-state index contributed by atoms with van der Waals surface area (Å²) in [6, 6.07) is 0. The predicted octanol–water partition coefficient (Wildman–Crippen LogP) is 1.32. The molecule has 1 unspecified atom stereocenters. The third-order valence-electron chi connectivity index (χ3n) is 1.71. The highest BCUT2D eigenvalue weighted by Gasteiger charge is 2.12. The van der Waals surface area contributed by atoms with Gasteiger partial charge >= 0.3 is 0 Å². The molecule has 58 valence electrons. The SMILES string of the molecule is CC(C)C(C)C(=O)/C=C\N. The minimum Gasteiger partial charge on any atom is -0.404 e. The lowest BCUT2D eigenvalue weighted by molar-refractivity contribution is -0.118. The normalized spacial score (nSPS) is 14.4. The fourth-order valence-corrected chi connectivity index (χ4v) is 0.575. The molecule has 0 aromatic carbocycles. The molecule has 2 nitrogen and oxygen atoms in total. The van der Waals surface area contributed by atoms with Gasteiger partial charge < -0.3 is 5.73 Å². The minimum atomic E-state index is 0.0831. The molecule has 0 spiro atoms. The number of carbonyl (C=O) groups is 1. The Morgan fingerprint density at radius 2 is 1.90 bits per heavy atom. The van der Waals surface area contributed by atoms with E-state index in [9.17, 15) is 4.79 Å². The van der Waals surface area contributed by atoms with Gasteiger partial charge in [-0.1, -0.05) is 20.8 Å². The van der Waals surface area contributed by atoms with E-state index in [1.54, 1.807) is 0 Å². The van der Waals surface area contributed by atoms with Gasteiger partial charge in [0.15, 0.2) is 5.78 Å². The van der Waals surface area contributed by atoms with Crippen LogP contribution in [0.25, 0.3) is 0 Å². The summed E-state index contributed by atoms with van der Waals surface area (Å²) in [6.07, 6.45) is 2.71. The van der Waals surface area contributed by atoms with Crippen LogP contribution in [0.4, 0.5) is 0 Å². The van der Waals surface area contributed by atoms with Gasteiger partial charge in [-0.15, -0.1) is 0 Å². The van der Waals surface area contributed by atoms with Crippen LogP contribution in [-0.2, 0) is 4.79 Å². The molecule has 2 N–H and O–H groups in total. The van der Waals surface area contributed by atoms with E-state index in [1.165, 1.54) is 12.3 Å². The van der Waals surface area contributed by atoms with Crippen LogP contribution >= 0.6 is 0 Å². The minimum absolute atomic E-state index is 0.0831. The van der Waals surface area contributed by atoms with Crippen LogP contribution in [-0.4, -0.2) is 5.78 Å². The third kappa shape index (κ3) is 2.67. The number of allylic oxidation sites excluding steroid dienone is 1. The van der Waals surface area contributed by atoms with Crippen molar-refractivity contribution in [3.8, 4) is 0 Å². The van der Waals surface area contributed by atoms with Crippen molar-refractivity contribution in [2.75, 3.05) is 0 Å². The van der Waals surface area contributed by atoms with Crippen LogP contribution in [0.3, 0.4) is 0 Å². The Morgan fingerprint density at radius 3 is 2.20 bits per heavy atom. The topological polar surface area (TPSA) is 43.1 Å². The van der Waals surface area contributed by atoms with E-state index in [1.807, 2.05) is 20.8 Å². The first-order chi connectivity index (χ1) is 4.59. The quantitative estimate of drug-likeness (QED) is 0.602. The van der Waals surface area contributed by atoms with Crippen molar-refractivity contribution in [3.05, 3.63) is 12.3 Å². The largest absolute Gasteiger partial charge is 0.404 e. The zero-order valence-electron chi connectivity index (χ0n) is 6.79. The van der Waals surface area contributed by atoms with Crippen molar-refractivity contribution in [3.63, 3.8) is 0 Å². The second kappa shape index (κ2) is 4.09. The lowest BCUT2D eigenvalue weighted by atomic mass is 9.94.